The summed E-state index contributed by atoms with van der Waals surface area (Å²) in [5.41, 5.74) is 1.20. The molecule has 4 rings (SSSR count). The Bertz CT molecular complexity index is 823. The fourth-order valence-electron chi connectivity index (χ4n) is 2.64. The predicted molar refractivity (Wildman–Crippen MR) is 81.0 cm³/mol. The topological polar surface area (TPSA) is 77.5 Å². The number of ether oxygens (including phenoxy) is 1. The van der Waals surface area contributed by atoms with Crippen LogP contribution in [0.4, 0.5) is 0 Å². The Hall–Kier alpha value is -3.02. The average molecular weight is 310 g/mol. The molecule has 0 saturated heterocycles. The van der Waals surface area contributed by atoms with Crippen LogP contribution in [0.1, 0.15) is 28.5 Å². The van der Waals surface area contributed by atoms with Crippen molar-refractivity contribution in [3.63, 3.8) is 0 Å². The summed E-state index contributed by atoms with van der Waals surface area (Å²) in [6, 6.07) is 12.7. The molecular weight excluding hydrogens is 296 g/mol. The smallest absolute Gasteiger partial charge is 0.273 e. The minimum Gasteiger partial charge on any atom is -0.493 e. The maximum Gasteiger partial charge on any atom is 0.273 e. The van der Waals surface area contributed by atoms with Gasteiger partial charge in [-0.05, 0) is 18.2 Å². The van der Waals surface area contributed by atoms with E-state index in [1.807, 2.05) is 24.3 Å². The third kappa shape index (κ3) is 2.59. The first-order valence-corrected chi connectivity index (χ1v) is 7.34. The van der Waals surface area contributed by atoms with Crippen LogP contribution < -0.4 is 10.1 Å². The quantitative estimate of drug-likeness (QED) is 0.804. The summed E-state index contributed by atoms with van der Waals surface area (Å²) in [5.74, 6) is 1.48. The Labute approximate surface area is 132 Å². The minimum atomic E-state index is -0.284. The largest absolute Gasteiger partial charge is 0.493 e. The number of para-hydroxylation sites is 1. The lowest BCUT2D eigenvalue weighted by Crippen LogP contribution is -2.32. The molecule has 2 aromatic heterocycles. The number of benzene rings is 1. The maximum atomic E-state index is 12.4. The molecule has 116 valence electrons. The Morgan fingerprint density at radius 3 is 2.96 bits per heavy atom. The summed E-state index contributed by atoms with van der Waals surface area (Å²) in [6.45, 7) is 0.568. The van der Waals surface area contributed by atoms with Crippen molar-refractivity contribution in [3.05, 3.63) is 60.0 Å². The molecular formula is C17H14N2O4. The number of nitrogens with zero attached hydrogens (tertiary/aromatic N) is 1. The molecule has 0 spiro atoms. The number of amides is 1. The molecule has 3 aromatic rings. The van der Waals surface area contributed by atoms with Crippen LogP contribution in [0.25, 0.3) is 11.5 Å². The van der Waals surface area contributed by atoms with E-state index < -0.39 is 0 Å². The molecule has 1 aliphatic heterocycles. The van der Waals surface area contributed by atoms with Gasteiger partial charge in [-0.15, -0.1) is 0 Å². The minimum absolute atomic E-state index is 0.101. The van der Waals surface area contributed by atoms with Crippen LogP contribution in [0.15, 0.2) is 57.7 Å². The van der Waals surface area contributed by atoms with Gasteiger partial charge < -0.3 is 19.0 Å². The van der Waals surface area contributed by atoms with Gasteiger partial charge in [0.25, 0.3) is 5.91 Å². The molecule has 1 aromatic carbocycles. The number of aromatic nitrogens is 1. The van der Waals surface area contributed by atoms with E-state index in [0.717, 1.165) is 11.3 Å². The zero-order valence-corrected chi connectivity index (χ0v) is 12.2. The van der Waals surface area contributed by atoms with E-state index in [1.54, 1.807) is 18.2 Å². The second-order valence-electron chi connectivity index (χ2n) is 5.25. The maximum absolute atomic E-state index is 12.4. The van der Waals surface area contributed by atoms with Gasteiger partial charge in [0, 0.05) is 18.1 Å². The molecule has 23 heavy (non-hydrogen) atoms. The first-order chi connectivity index (χ1) is 11.3. The molecule has 1 N–H and O–H groups in total. The summed E-state index contributed by atoms with van der Waals surface area (Å²) in [7, 11) is 0. The molecule has 1 amide bonds. The predicted octanol–water partition coefficient (Wildman–Crippen LogP) is 3.19. The fourth-order valence-corrected chi connectivity index (χ4v) is 2.64. The van der Waals surface area contributed by atoms with E-state index in [2.05, 4.69) is 10.5 Å². The lowest BCUT2D eigenvalue weighted by molar-refractivity contribution is 0.0915. The van der Waals surface area contributed by atoms with E-state index in [-0.39, 0.29) is 17.6 Å². The lowest BCUT2D eigenvalue weighted by Gasteiger charge is -2.26. The number of fused-ring (bicyclic) bond motifs is 1. The second kappa shape index (κ2) is 5.64. The zero-order chi connectivity index (χ0) is 15.6. The highest BCUT2D eigenvalue weighted by molar-refractivity contribution is 5.93. The molecule has 0 bridgehead atoms. The first-order valence-electron chi connectivity index (χ1n) is 7.34. The van der Waals surface area contributed by atoms with Crippen LogP contribution in [0.2, 0.25) is 0 Å². The monoisotopic (exact) mass is 310 g/mol. The number of carbonyl (C=O) groups is 1. The summed E-state index contributed by atoms with van der Waals surface area (Å²) < 4.78 is 16.0. The summed E-state index contributed by atoms with van der Waals surface area (Å²) in [6.07, 6.45) is 2.25. The van der Waals surface area contributed by atoms with Gasteiger partial charge in [0.15, 0.2) is 11.5 Å². The van der Waals surface area contributed by atoms with Crippen LogP contribution in [0, 0.1) is 0 Å². The normalized spacial score (nSPS) is 16.4. The average Bonchev–Trinajstić information content (AvgIpc) is 3.26. The molecule has 1 atom stereocenters. The number of carbonyl (C=O) groups excluding carboxylic acids is 1. The second-order valence-corrected chi connectivity index (χ2v) is 5.25. The molecule has 6 nitrogen and oxygen atoms in total. The highest BCUT2D eigenvalue weighted by atomic mass is 16.5. The van der Waals surface area contributed by atoms with Crippen LogP contribution >= 0.6 is 0 Å². The molecule has 0 saturated carbocycles. The summed E-state index contributed by atoms with van der Waals surface area (Å²) >= 11 is 0. The first kappa shape index (κ1) is 13.6. The van der Waals surface area contributed by atoms with Crippen LogP contribution in [0.3, 0.4) is 0 Å². The van der Waals surface area contributed by atoms with Crippen molar-refractivity contribution >= 4 is 5.91 Å². The molecule has 0 fully saturated rings. The molecule has 0 aliphatic carbocycles. The molecule has 0 radical (unpaired) electrons. The van der Waals surface area contributed by atoms with Crippen LogP contribution in [0.5, 0.6) is 5.75 Å². The van der Waals surface area contributed by atoms with Crippen molar-refractivity contribution in [2.75, 3.05) is 6.61 Å². The molecule has 1 unspecified atom stereocenters. The van der Waals surface area contributed by atoms with Gasteiger partial charge in [-0.1, -0.05) is 23.4 Å². The van der Waals surface area contributed by atoms with E-state index in [0.29, 0.717) is 24.5 Å². The summed E-state index contributed by atoms with van der Waals surface area (Å²) in [5, 5.41) is 6.79. The van der Waals surface area contributed by atoms with Crippen LogP contribution in [-0.4, -0.2) is 17.7 Å². The van der Waals surface area contributed by atoms with E-state index in [4.69, 9.17) is 13.7 Å². The van der Waals surface area contributed by atoms with Crippen molar-refractivity contribution in [2.24, 2.45) is 0 Å². The van der Waals surface area contributed by atoms with E-state index in [1.165, 1.54) is 6.26 Å². The van der Waals surface area contributed by atoms with Gasteiger partial charge in [0.2, 0.25) is 5.76 Å². The Morgan fingerprint density at radius 1 is 1.17 bits per heavy atom. The van der Waals surface area contributed by atoms with Gasteiger partial charge in [-0.3, -0.25) is 4.79 Å². The van der Waals surface area contributed by atoms with Crippen molar-refractivity contribution in [1.82, 2.24) is 10.5 Å². The van der Waals surface area contributed by atoms with Gasteiger partial charge in [-0.2, -0.15) is 0 Å². The van der Waals surface area contributed by atoms with Gasteiger partial charge in [0.05, 0.1) is 18.9 Å². The van der Waals surface area contributed by atoms with Crippen molar-refractivity contribution in [2.45, 2.75) is 12.5 Å². The molecule has 6 heteroatoms. The van der Waals surface area contributed by atoms with Gasteiger partial charge in [0.1, 0.15) is 5.75 Å². The van der Waals surface area contributed by atoms with Gasteiger partial charge >= 0.3 is 0 Å². The van der Waals surface area contributed by atoms with Gasteiger partial charge in [-0.25, -0.2) is 0 Å². The van der Waals surface area contributed by atoms with E-state index >= 15 is 0 Å². The third-order valence-electron chi connectivity index (χ3n) is 3.77. The van der Waals surface area contributed by atoms with Crippen molar-refractivity contribution in [1.29, 1.82) is 0 Å². The summed E-state index contributed by atoms with van der Waals surface area (Å²) in [4.78, 5) is 12.4. The highest BCUT2D eigenvalue weighted by Crippen LogP contribution is 2.31. The lowest BCUT2D eigenvalue weighted by atomic mass is 10.0. The number of nitrogens with one attached hydrogen (secondary N) is 1. The Kier molecular flexibility index (Phi) is 3.34. The van der Waals surface area contributed by atoms with Crippen molar-refractivity contribution < 1.29 is 18.5 Å². The Morgan fingerprint density at radius 2 is 2.09 bits per heavy atom. The van der Waals surface area contributed by atoms with Crippen molar-refractivity contribution in [3.8, 4) is 17.3 Å². The highest BCUT2D eigenvalue weighted by Gasteiger charge is 2.24. The molecule has 3 heterocycles. The Balaban J connectivity index is 1.53. The fraction of sp³-hybridized carbons (Fsp3) is 0.176. The van der Waals surface area contributed by atoms with Crippen LogP contribution in [-0.2, 0) is 0 Å². The standard InChI is InChI=1S/C17H14N2O4/c20-17(13-10-16(23-19-13)15-6-3-8-21-15)18-12-7-9-22-14-5-2-1-4-11(12)14/h1-6,8,10,12H,7,9H2,(H,18,20). The molecule has 1 aliphatic rings. The SMILES string of the molecule is O=C(NC1CCOc2ccccc21)c1cc(-c2ccco2)on1. The number of rotatable bonds is 3. The zero-order valence-electron chi connectivity index (χ0n) is 12.2. The third-order valence-corrected chi connectivity index (χ3v) is 3.77. The number of hydrogen-bond donors (Lipinski definition) is 1. The number of hydrogen-bond acceptors (Lipinski definition) is 5. The van der Waals surface area contributed by atoms with E-state index in [9.17, 15) is 4.79 Å². The number of furan rings is 1.